The fraction of sp³-hybridized carbons (Fsp3) is 0.579. The van der Waals surface area contributed by atoms with Crippen LogP contribution in [0.4, 0.5) is 14.9 Å². The zero-order valence-corrected chi connectivity index (χ0v) is 14.2. The van der Waals surface area contributed by atoms with Crippen molar-refractivity contribution in [2.75, 3.05) is 5.32 Å². The molecule has 134 valence electrons. The van der Waals surface area contributed by atoms with Crippen molar-refractivity contribution in [3.8, 4) is 0 Å². The van der Waals surface area contributed by atoms with Gasteiger partial charge >= 0.3 is 6.03 Å². The van der Waals surface area contributed by atoms with Crippen molar-refractivity contribution < 1.29 is 14.0 Å². The average molecular weight is 345 g/mol. The Labute approximate surface area is 147 Å². The first-order chi connectivity index (χ1) is 12.1. The van der Waals surface area contributed by atoms with Crippen LogP contribution in [0.15, 0.2) is 24.3 Å². The number of carbonyl (C=O) groups excluding carboxylic acids is 2. The van der Waals surface area contributed by atoms with Gasteiger partial charge in [-0.3, -0.25) is 4.79 Å². The van der Waals surface area contributed by atoms with E-state index in [4.69, 9.17) is 0 Å². The first-order valence-electron chi connectivity index (χ1n) is 9.25. The van der Waals surface area contributed by atoms with Crippen LogP contribution in [0.25, 0.3) is 0 Å². The Kier molecular flexibility index (Phi) is 4.36. The minimum absolute atomic E-state index is 0.117. The summed E-state index contributed by atoms with van der Waals surface area (Å²) in [6, 6.07) is 6.23. The van der Waals surface area contributed by atoms with Crippen molar-refractivity contribution in [3.05, 3.63) is 30.1 Å². The van der Waals surface area contributed by atoms with Crippen molar-refractivity contribution in [2.24, 2.45) is 5.92 Å². The monoisotopic (exact) mass is 345 g/mol. The van der Waals surface area contributed by atoms with Crippen LogP contribution in [0.5, 0.6) is 0 Å². The molecule has 2 heterocycles. The number of nitrogens with one attached hydrogen (secondary N) is 2. The number of anilines is 1. The molecule has 2 atom stereocenters. The number of piperidine rings is 2. The Hall–Kier alpha value is -2.11. The topological polar surface area (TPSA) is 61.4 Å². The summed E-state index contributed by atoms with van der Waals surface area (Å²) in [5, 5.41) is 6.07. The number of amides is 3. The van der Waals surface area contributed by atoms with Crippen LogP contribution in [-0.4, -0.2) is 35.0 Å². The molecule has 0 unspecified atom stereocenters. The van der Waals surface area contributed by atoms with E-state index < -0.39 is 0 Å². The van der Waals surface area contributed by atoms with Gasteiger partial charge in [0.15, 0.2) is 0 Å². The maximum atomic E-state index is 13.0. The number of urea groups is 1. The van der Waals surface area contributed by atoms with Crippen LogP contribution < -0.4 is 10.6 Å². The molecule has 1 aliphatic carbocycles. The molecule has 3 amide bonds. The Morgan fingerprint density at radius 2 is 1.64 bits per heavy atom. The second kappa shape index (κ2) is 6.65. The highest BCUT2D eigenvalue weighted by Crippen LogP contribution is 2.35. The van der Waals surface area contributed by atoms with Gasteiger partial charge in [-0.2, -0.15) is 0 Å². The summed E-state index contributed by atoms with van der Waals surface area (Å²) >= 11 is 0. The number of hydrogen-bond donors (Lipinski definition) is 2. The van der Waals surface area contributed by atoms with E-state index in [1.54, 1.807) is 12.1 Å². The molecule has 0 radical (unpaired) electrons. The lowest BCUT2D eigenvalue weighted by atomic mass is 9.82. The van der Waals surface area contributed by atoms with Crippen LogP contribution in [0.1, 0.15) is 44.9 Å². The van der Waals surface area contributed by atoms with Gasteiger partial charge in [0.1, 0.15) is 5.82 Å². The number of fused-ring (bicyclic) bond motifs is 2. The highest BCUT2D eigenvalue weighted by molar-refractivity contribution is 5.90. The summed E-state index contributed by atoms with van der Waals surface area (Å²) in [6.07, 6.45) is 6.75. The van der Waals surface area contributed by atoms with Gasteiger partial charge in [-0.15, -0.1) is 0 Å². The summed E-state index contributed by atoms with van der Waals surface area (Å²) < 4.78 is 13.0. The number of benzene rings is 1. The Morgan fingerprint density at radius 3 is 2.24 bits per heavy atom. The van der Waals surface area contributed by atoms with E-state index in [1.807, 2.05) is 4.90 Å². The average Bonchev–Trinajstić information content (AvgIpc) is 3.41. The van der Waals surface area contributed by atoms with E-state index in [1.165, 1.54) is 12.1 Å². The van der Waals surface area contributed by atoms with E-state index in [2.05, 4.69) is 10.6 Å². The summed E-state index contributed by atoms with van der Waals surface area (Å²) in [6.45, 7) is 0. The number of halogens is 1. The summed E-state index contributed by atoms with van der Waals surface area (Å²) in [7, 11) is 0. The minimum Gasteiger partial charge on any atom is -0.353 e. The molecule has 2 saturated heterocycles. The third kappa shape index (κ3) is 3.62. The van der Waals surface area contributed by atoms with Gasteiger partial charge in [0, 0.05) is 29.7 Å². The summed E-state index contributed by atoms with van der Waals surface area (Å²) in [5.41, 5.74) is 0.605. The predicted octanol–water partition coefficient (Wildman–Crippen LogP) is 3.27. The molecule has 2 aliphatic heterocycles. The van der Waals surface area contributed by atoms with Gasteiger partial charge in [0.2, 0.25) is 5.91 Å². The smallest absolute Gasteiger partial charge is 0.322 e. The molecular formula is C19H24FN3O2. The molecule has 5 nitrogen and oxygen atoms in total. The van der Waals surface area contributed by atoms with Crippen LogP contribution in [0, 0.1) is 11.7 Å². The van der Waals surface area contributed by atoms with Gasteiger partial charge in [0.05, 0.1) is 0 Å². The second-order valence-electron chi connectivity index (χ2n) is 7.53. The SMILES string of the molecule is O=C(NC1C[C@@H]2CCC[C@@H](C1)N2C(=O)Nc1ccc(F)cc1)C1CC1. The normalized spacial score (nSPS) is 28.4. The number of rotatable bonds is 3. The van der Waals surface area contributed by atoms with E-state index in [0.717, 1.165) is 44.9 Å². The molecule has 4 rings (SSSR count). The fourth-order valence-electron chi connectivity index (χ4n) is 4.22. The highest BCUT2D eigenvalue weighted by Gasteiger charge is 2.42. The van der Waals surface area contributed by atoms with E-state index in [9.17, 15) is 14.0 Å². The van der Waals surface area contributed by atoms with Crippen LogP contribution in [0.2, 0.25) is 0 Å². The van der Waals surface area contributed by atoms with Crippen molar-refractivity contribution in [3.63, 3.8) is 0 Å². The lowest BCUT2D eigenvalue weighted by Gasteiger charge is -2.48. The molecule has 3 fully saturated rings. The maximum Gasteiger partial charge on any atom is 0.322 e. The number of hydrogen-bond acceptors (Lipinski definition) is 2. The third-order valence-electron chi connectivity index (χ3n) is 5.60. The summed E-state index contributed by atoms with van der Waals surface area (Å²) in [5.74, 6) is 0.0917. The molecule has 0 aromatic heterocycles. The predicted molar refractivity (Wildman–Crippen MR) is 92.6 cm³/mol. The zero-order chi connectivity index (χ0) is 17.4. The number of carbonyl (C=O) groups is 2. The molecule has 3 aliphatic rings. The fourth-order valence-corrected chi connectivity index (χ4v) is 4.22. The van der Waals surface area contributed by atoms with Crippen molar-refractivity contribution in [1.29, 1.82) is 0 Å². The molecule has 2 bridgehead atoms. The first kappa shape index (κ1) is 16.4. The van der Waals surface area contributed by atoms with E-state index in [0.29, 0.717) is 5.69 Å². The third-order valence-corrected chi connectivity index (χ3v) is 5.60. The van der Waals surface area contributed by atoms with E-state index >= 15 is 0 Å². The van der Waals surface area contributed by atoms with Crippen molar-refractivity contribution in [2.45, 2.75) is 63.1 Å². The Morgan fingerprint density at radius 1 is 1.00 bits per heavy atom. The van der Waals surface area contributed by atoms with Gasteiger partial charge < -0.3 is 15.5 Å². The van der Waals surface area contributed by atoms with Crippen LogP contribution in [0.3, 0.4) is 0 Å². The minimum atomic E-state index is -0.318. The van der Waals surface area contributed by atoms with Crippen molar-refractivity contribution in [1.82, 2.24) is 10.2 Å². The highest BCUT2D eigenvalue weighted by atomic mass is 19.1. The largest absolute Gasteiger partial charge is 0.353 e. The molecule has 2 N–H and O–H groups in total. The van der Waals surface area contributed by atoms with Gasteiger partial charge in [0.25, 0.3) is 0 Å². The lowest BCUT2D eigenvalue weighted by Crippen LogP contribution is -2.59. The zero-order valence-electron chi connectivity index (χ0n) is 14.2. The lowest BCUT2D eigenvalue weighted by molar-refractivity contribution is -0.123. The molecule has 25 heavy (non-hydrogen) atoms. The van der Waals surface area contributed by atoms with Crippen LogP contribution in [-0.2, 0) is 4.79 Å². The van der Waals surface area contributed by atoms with E-state index in [-0.39, 0.29) is 41.8 Å². The van der Waals surface area contributed by atoms with Gasteiger partial charge in [-0.1, -0.05) is 0 Å². The maximum absolute atomic E-state index is 13.0. The standard InChI is InChI=1S/C19H24FN3O2/c20-13-6-8-14(9-7-13)22-19(25)23-16-2-1-3-17(23)11-15(10-16)21-18(24)12-4-5-12/h6-9,12,15-17H,1-5,10-11H2,(H,21,24)(H,22,25)/t16-,17-/m0/s1. The Balaban J connectivity index is 1.40. The molecule has 1 aromatic carbocycles. The molecule has 0 spiro atoms. The van der Waals surface area contributed by atoms with Gasteiger partial charge in [-0.25, -0.2) is 9.18 Å². The quantitative estimate of drug-likeness (QED) is 0.883. The first-order valence-corrected chi connectivity index (χ1v) is 9.25. The molecule has 1 saturated carbocycles. The summed E-state index contributed by atoms with van der Waals surface area (Å²) in [4.78, 5) is 26.7. The Bertz CT molecular complexity index is 645. The van der Waals surface area contributed by atoms with Crippen molar-refractivity contribution >= 4 is 17.6 Å². The molecular weight excluding hydrogens is 321 g/mol. The number of nitrogens with zero attached hydrogens (tertiary/aromatic N) is 1. The molecule has 6 heteroatoms. The van der Waals surface area contributed by atoms with Gasteiger partial charge in [-0.05, 0) is 69.2 Å². The molecule has 1 aromatic rings. The van der Waals surface area contributed by atoms with Crippen LogP contribution >= 0.6 is 0 Å². The second-order valence-corrected chi connectivity index (χ2v) is 7.53.